The normalized spacial score (nSPS) is 12.9. The second-order valence-corrected chi connectivity index (χ2v) is 5.16. The van der Waals surface area contributed by atoms with Crippen LogP contribution in [0.3, 0.4) is 0 Å². The number of nitrogens with one attached hydrogen (secondary N) is 1. The van der Waals surface area contributed by atoms with Crippen LogP contribution in [0.5, 0.6) is 0 Å². The largest absolute Gasteiger partial charge is 0.348 e. The lowest BCUT2D eigenvalue weighted by atomic mass is 10.2. The molecule has 3 nitrogen and oxygen atoms in total. The molecule has 1 atom stereocenters. The number of nitrogens with zero attached hydrogens (tertiary/aromatic N) is 2. The quantitative estimate of drug-likeness (QED) is 0.883. The Kier molecular flexibility index (Phi) is 3.97. The molecular weight excluding hydrogens is 230 g/mol. The van der Waals surface area contributed by atoms with Crippen LogP contribution in [0.15, 0.2) is 23.8 Å². The van der Waals surface area contributed by atoms with Crippen LogP contribution < -0.4 is 5.32 Å². The summed E-state index contributed by atoms with van der Waals surface area (Å²) in [6.45, 7) is 5.18. The molecule has 0 amide bonds. The van der Waals surface area contributed by atoms with Gasteiger partial charge in [0.05, 0.1) is 17.2 Å². The minimum absolute atomic E-state index is 0.401. The van der Waals surface area contributed by atoms with Gasteiger partial charge in [-0.3, -0.25) is 0 Å². The topological polar surface area (TPSA) is 29.9 Å². The second kappa shape index (κ2) is 5.47. The zero-order valence-electron chi connectivity index (χ0n) is 10.6. The molecule has 2 aromatic rings. The first-order valence-electron chi connectivity index (χ1n) is 5.99. The number of thiazole rings is 1. The molecule has 0 fully saturated rings. The third kappa shape index (κ3) is 2.96. The minimum Gasteiger partial charge on any atom is -0.348 e. The molecule has 4 heteroatoms. The van der Waals surface area contributed by atoms with Crippen LogP contribution >= 0.6 is 11.3 Å². The van der Waals surface area contributed by atoms with Gasteiger partial charge in [0.1, 0.15) is 0 Å². The van der Waals surface area contributed by atoms with E-state index in [1.165, 1.54) is 10.6 Å². The van der Waals surface area contributed by atoms with Crippen molar-refractivity contribution in [1.82, 2.24) is 14.9 Å². The Labute approximate surface area is 107 Å². The zero-order chi connectivity index (χ0) is 12.3. The molecule has 0 aliphatic rings. The summed E-state index contributed by atoms with van der Waals surface area (Å²) in [5, 5.41) is 6.62. The Hall–Kier alpha value is -1.13. The summed E-state index contributed by atoms with van der Waals surface area (Å²) in [4.78, 5) is 4.58. The van der Waals surface area contributed by atoms with Crippen molar-refractivity contribution in [2.45, 2.75) is 32.9 Å². The standard InChI is InChI=1S/C13H19N3S/c1-4-13-15-12(9-17-13)8-16-6-5-11(7-16)10(2)14-3/h5-7,9-10,14H,4,8H2,1-3H3. The lowest BCUT2D eigenvalue weighted by molar-refractivity contribution is 0.648. The highest BCUT2D eigenvalue weighted by atomic mass is 32.1. The zero-order valence-corrected chi connectivity index (χ0v) is 11.4. The van der Waals surface area contributed by atoms with Gasteiger partial charge in [0.2, 0.25) is 0 Å². The molecule has 0 bridgehead atoms. The van der Waals surface area contributed by atoms with Crippen molar-refractivity contribution in [3.05, 3.63) is 40.1 Å². The van der Waals surface area contributed by atoms with Crippen molar-refractivity contribution < 1.29 is 0 Å². The van der Waals surface area contributed by atoms with Gasteiger partial charge >= 0.3 is 0 Å². The Morgan fingerprint density at radius 3 is 3.00 bits per heavy atom. The molecule has 1 N–H and O–H groups in total. The van der Waals surface area contributed by atoms with E-state index in [-0.39, 0.29) is 0 Å². The predicted molar refractivity (Wildman–Crippen MR) is 72.5 cm³/mol. The van der Waals surface area contributed by atoms with Gasteiger partial charge in [-0.2, -0.15) is 0 Å². The van der Waals surface area contributed by atoms with Gasteiger partial charge in [-0.1, -0.05) is 6.92 Å². The number of hydrogen-bond acceptors (Lipinski definition) is 3. The van der Waals surface area contributed by atoms with E-state index in [2.05, 4.69) is 52.6 Å². The molecule has 92 valence electrons. The average Bonchev–Trinajstić information content (AvgIpc) is 2.97. The maximum atomic E-state index is 4.58. The molecule has 0 aromatic carbocycles. The van der Waals surface area contributed by atoms with Gasteiger partial charge in [-0.15, -0.1) is 11.3 Å². The van der Waals surface area contributed by atoms with Crippen LogP contribution in [-0.4, -0.2) is 16.6 Å². The molecule has 2 aromatic heterocycles. The van der Waals surface area contributed by atoms with E-state index in [1.54, 1.807) is 11.3 Å². The molecule has 2 heterocycles. The van der Waals surface area contributed by atoms with Crippen molar-refractivity contribution in [1.29, 1.82) is 0 Å². The summed E-state index contributed by atoms with van der Waals surface area (Å²) in [5.41, 5.74) is 2.48. The maximum absolute atomic E-state index is 4.58. The Morgan fingerprint density at radius 2 is 2.35 bits per heavy atom. The Bertz CT molecular complexity index is 472. The minimum atomic E-state index is 0.401. The smallest absolute Gasteiger partial charge is 0.0926 e. The lowest BCUT2D eigenvalue weighted by Crippen LogP contribution is -2.11. The van der Waals surface area contributed by atoms with Gasteiger partial charge in [-0.25, -0.2) is 4.98 Å². The van der Waals surface area contributed by atoms with Crippen LogP contribution in [0.25, 0.3) is 0 Å². The molecule has 2 rings (SSSR count). The molecule has 0 aliphatic heterocycles. The number of hydrogen-bond donors (Lipinski definition) is 1. The molecule has 0 radical (unpaired) electrons. The SMILES string of the molecule is CCc1nc(Cn2ccc(C(C)NC)c2)cs1. The molecular formula is C13H19N3S. The van der Waals surface area contributed by atoms with E-state index in [0.717, 1.165) is 18.7 Å². The van der Waals surface area contributed by atoms with E-state index in [0.29, 0.717) is 6.04 Å². The van der Waals surface area contributed by atoms with Crippen molar-refractivity contribution in [3.8, 4) is 0 Å². The Balaban J connectivity index is 2.06. The monoisotopic (exact) mass is 249 g/mol. The van der Waals surface area contributed by atoms with E-state index in [9.17, 15) is 0 Å². The van der Waals surface area contributed by atoms with Gasteiger partial charge in [0.25, 0.3) is 0 Å². The van der Waals surface area contributed by atoms with Gasteiger partial charge < -0.3 is 9.88 Å². The summed E-state index contributed by atoms with van der Waals surface area (Å²) >= 11 is 1.75. The van der Waals surface area contributed by atoms with Gasteiger partial charge in [0, 0.05) is 23.8 Å². The van der Waals surface area contributed by atoms with Crippen molar-refractivity contribution >= 4 is 11.3 Å². The average molecular weight is 249 g/mol. The first-order valence-corrected chi connectivity index (χ1v) is 6.87. The maximum Gasteiger partial charge on any atom is 0.0926 e. The van der Waals surface area contributed by atoms with Gasteiger partial charge in [0.15, 0.2) is 0 Å². The third-order valence-electron chi connectivity index (χ3n) is 2.95. The number of aromatic nitrogens is 2. The summed E-state index contributed by atoms with van der Waals surface area (Å²) in [7, 11) is 1.98. The highest BCUT2D eigenvalue weighted by molar-refractivity contribution is 7.09. The van der Waals surface area contributed by atoms with Crippen LogP contribution in [0.2, 0.25) is 0 Å². The fraction of sp³-hybridized carbons (Fsp3) is 0.462. The van der Waals surface area contributed by atoms with Crippen LogP contribution in [0.4, 0.5) is 0 Å². The van der Waals surface area contributed by atoms with E-state index >= 15 is 0 Å². The molecule has 0 aliphatic carbocycles. The summed E-state index contributed by atoms with van der Waals surface area (Å²) < 4.78 is 2.19. The Morgan fingerprint density at radius 1 is 1.53 bits per heavy atom. The third-order valence-corrected chi connectivity index (χ3v) is 3.99. The molecule has 0 saturated heterocycles. The lowest BCUT2D eigenvalue weighted by Gasteiger charge is -2.06. The van der Waals surface area contributed by atoms with Crippen LogP contribution in [0, 0.1) is 0 Å². The predicted octanol–water partition coefficient (Wildman–Crippen LogP) is 2.84. The summed E-state index contributed by atoms with van der Waals surface area (Å²) in [6.07, 6.45) is 5.33. The fourth-order valence-electron chi connectivity index (χ4n) is 1.75. The highest BCUT2D eigenvalue weighted by Gasteiger charge is 2.05. The van der Waals surface area contributed by atoms with E-state index < -0.39 is 0 Å². The van der Waals surface area contributed by atoms with Gasteiger partial charge in [-0.05, 0) is 32.0 Å². The number of aryl methyl sites for hydroxylation is 1. The summed E-state index contributed by atoms with van der Waals surface area (Å²) in [6, 6.07) is 2.56. The summed E-state index contributed by atoms with van der Waals surface area (Å²) in [5.74, 6) is 0. The van der Waals surface area contributed by atoms with Crippen molar-refractivity contribution in [3.63, 3.8) is 0 Å². The fourth-order valence-corrected chi connectivity index (χ4v) is 2.49. The molecule has 17 heavy (non-hydrogen) atoms. The first-order chi connectivity index (χ1) is 8.22. The van der Waals surface area contributed by atoms with Crippen LogP contribution in [0.1, 0.15) is 36.2 Å². The van der Waals surface area contributed by atoms with Crippen LogP contribution in [-0.2, 0) is 13.0 Å². The van der Waals surface area contributed by atoms with Crippen molar-refractivity contribution in [2.75, 3.05) is 7.05 Å². The van der Waals surface area contributed by atoms with E-state index in [4.69, 9.17) is 0 Å². The molecule has 1 unspecified atom stereocenters. The highest BCUT2D eigenvalue weighted by Crippen LogP contribution is 2.15. The van der Waals surface area contributed by atoms with E-state index in [1.807, 2.05) is 7.05 Å². The molecule has 0 saturated carbocycles. The molecule has 0 spiro atoms. The second-order valence-electron chi connectivity index (χ2n) is 4.21. The first kappa shape index (κ1) is 12.3. The number of rotatable bonds is 5. The van der Waals surface area contributed by atoms with Crippen molar-refractivity contribution in [2.24, 2.45) is 0 Å².